The molecule has 9 heteroatoms. The number of amides is 2. The smallest absolute Gasteiger partial charge is 0.307 e. The number of likely N-dealkylation sites (tertiary alicyclic amines) is 1. The molecule has 0 unspecified atom stereocenters. The number of fused-ring (bicyclic) bond motifs is 2. The summed E-state index contributed by atoms with van der Waals surface area (Å²) in [6.07, 6.45) is 7.15. The molecule has 3 aliphatic rings. The van der Waals surface area contributed by atoms with Crippen molar-refractivity contribution >= 4 is 21.7 Å². The molecular weight excluding hydrogens is 438 g/mol. The van der Waals surface area contributed by atoms with E-state index in [9.17, 15) is 13.2 Å². The molecule has 2 N–H and O–H groups in total. The minimum absolute atomic E-state index is 0.119. The SMILES string of the molecule is CC(C)(C)n1nc(S(=O)(=O)NC(=O)Nc2c3c(cc4c2CCC4)CCC3)cc1CN1CCC1. The lowest BCUT2D eigenvalue weighted by atomic mass is 9.99. The molecule has 2 aromatic rings. The maximum absolute atomic E-state index is 13.1. The zero-order valence-electron chi connectivity index (χ0n) is 19.7. The van der Waals surface area contributed by atoms with Crippen LogP contribution >= 0.6 is 0 Å². The molecule has 1 aromatic heterocycles. The third-order valence-corrected chi connectivity index (χ3v) is 8.15. The minimum Gasteiger partial charge on any atom is -0.307 e. The summed E-state index contributed by atoms with van der Waals surface area (Å²) < 4.78 is 30.2. The van der Waals surface area contributed by atoms with E-state index in [-0.39, 0.29) is 10.6 Å². The third kappa shape index (κ3) is 4.28. The Hall–Kier alpha value is -2.39. The van der Waals surface area contributed by atoms with Crippen molar-refractivity contribution in [3.05, 3.63) is 40.1 Å². The fraction of sp³-hybridized carbons (Fsp3) is 0.583. The summed E-state index contributed by atoms with van der Waals surface area (Å²) in [6, 6.07) is 3.15. The van der Waals surface area contributed by atoms with Crippen LogP contribution < -0.4 is 10.0 Å². The number of benzene rings is 1. The molecule has 1 saturated heterocycles. The highest BCUT2D eigenvalue weighted by Crippen LogP contribution is 2.38. The number of hydrogen-bond acceptors (Lipinski definition) is 5. The van der Waals surface area contributed by atoms with Gasteiger partial charge in [0, 0.05) is 18.3 Å². The highest BCUT2D eigenvalue weighted by Gasteiger charge is 2.30. The van der Waals surface area contributed by atoms with Crippen molar-refractivity contribution in [2.75, 3.05) is 18.4 Å². The van der Waals surface area contributed by atoms with Gasteiger partial charge in [0.15, 0.2) is 5.03 Å². The lowest BCUT2D eigenvalue weighted by molar-refractivity contribution is 0.162. The Morgan fingerprint density at radius 3 is 2.18 bits per heavy atom. The van der Waals surface area contributed by atoms with Crippen molar-refractivity contribution in [1.82, 2.24) is 19.4 Å². The van der Waals surface area contributed by atoms with Gasteiger partial charge in [-0.1, -0.05) is 6.07 Å². The molecule has 178 valence electrons. The molecule has 0 saturated carbocycles. The Labute approximate surface area is 195 Å². The largest absolute Gasteiger partial charge is 0.333 e. The van der Waals surface area contributed by atoms with Crippen molar-refractivity contribution in [3.63, 3.8) is 0 Å². The summed E-state index contributed by atoms with van der Waals surface area (Å²) >= 11 is 0. The number of anilines is 1. The summed E-state index contributed by atoms with van der Waals surface area (Å²) in [5, 5.41) is 7.18. The molecule has 33 heavy (non-hydrogen) atoms. The standard InChI is InChI=1S/C24H33N5O3S/c1-24(2,3)29-18(15-28-11-6-12-28)14-21(26-29)33(31,32)27-23(30)25-22-19-9-4-7-16(19)13-17-8-5-10-20(17)22/h13-14H,4-12,15H2,1-3H3,(H2,25,27,30). The second kappa shape index (κ2) is 8.13. The van der Waals surface area contributed by atoms with E-state index < -0.39 is 16.1 Å². The zero-order valence-corrected chi connectivity index (χ0v) is 20.5. The van der Waals surface area contributed by atoms with Gasteiger partial charge in [0.1, 0.15) is 0 Å². The van der Waals surface area contributed by atoms with Crippen LogP contribution in [0.3, 0.4) is 0 Å². The molecule has 0 atom stereocenters. The first-order chi connectivity index (χ1) is 15.6. The third-order valence-electron chi connectivity index (χ3n) is 6.94. The lowest BCUT2D eigenvalue weighted by Gasteiger charge is -2.32. The first kappa shape index (κ1) is 22.4. The van der Waals surface area contributed by atoms with Crippen molar-refractivity contribution in [2.45, 2.75) is 82.8 Å². The van der Waals surface area contributed by atoms with E-state index in [0.717, 1.165) is 80.5 Å². The number of aryl methyl sites for hydroxylation is 2. The molecule has 2 amide bonds. The van der Waals surface area contributed by atoms with Crippen LogP contribution in [0, 0.1) is 0 Å². The van der Waals surface area contributed by atoms with Crippen LogP contribution in [0.1, 0.15) is 68.0 Å². The first-order valence-electron chi connectivity index (χ1n) is 11.9. The number of sulfonamides is 1. The van der Waals surface area contributed by atoms with Crippen LogP contribution in [0.5, 0.6) is 0 Å². The van der Waals surface area contributed by atoms with Crippen molar-refractivity contribution in [3.8, 4) is 0 Å². The predicted molar refractivity (Wildman–Crippen MR) is 127 cm³/mol. The Kier molecular flexibility index (Phi) is 5.52. The normalized spacial score (nSPS) is 18.0. The first-order valence-corrected chi connectivity index (χ1v) is 13.4. The molecule has 0 radical (unpaired) electrons. The molecule has 5 rings (SSSR count). The van der Waals surface area contributed by atoms with Gasteiger partial charge in [-0.2, -0.15) is 13.5 Å². The van der Waals surface area contributed by atoms with E-state index in [1.165, 1.54) is 11.1 Å². The quantitative estimate of drug-likeness (QED) is 0.697. The van der Waals surface area contributed by atoms with E-state index >= 15 is 0 Å². The summed E-state index contributed by atoms with van der Waals surface area (Å²) in [5.41, 5.74) is 6.18. The highest BCUT2D eigenvalue weighted by atomic mass is 32.2. The molecule has 1 aromatic carbocycles. The number of rotatable bonds is 5. The number of nitrogens with one attached hydrogen (secondary N) is 2. The van der Waals surface area contributed by atoms with Crippen molar-refractivity contribution in [1.29, 1.82) is 0 Å². The van der Waals surface area contributed by atoms with E-state index in [1.807, 2.05) is 20.8 Å². The highest BCUT2D eigenvalue weighted by molar-refractivity contribution is 7.90. The van der Waals surface area contributed by atoms with Gasteiger partial charge < -0.3 is 5.32 Å². The van der Waals surface area contributed by atoms with Gasteiger partial charge in [-0.3, -0.25) is 9.58 Å². The van der Waals surface area contributed by atoms with Crippen molar-refractivity contribution < 1.29 is 13.2 Å². The summed E-state index contributed by atoms with van der Waals surface area (Å²) in [6.45, 7) is 8.63. The predicted octanol–water partition coefficient (Wildman–Crippen LogP) is 3.33. The maximum atomic E-state index is 13.1. The average Bonchev–Trinajstić information content (AvgIpc) is 3.42. The van der Waals surface area contributed by atoms with Crippen LogP contribution in [0.4, 0.5) is 10.5 Å². The Morgan fingerprint density at radius 1 is 1.00 bits per heavy atom. The van der Waals surface area contributed by atoms with Crippen LogP contribution in [0.2, 0.25) is 0 Å². The number of hydrogen-bond donors (Lipinski definition) is 2. The molecule has 0 spiro atoms. The van der Waals surface area contributed by atoms with Crippen LogP contribution in [-0.4, -0.2) is 42.2 Å². The molecule has 1 aliphatic heterocycles. The number of carbonyl (C=O) groups excluding carboxylic acids is 1. The Morgan fingerprint density at radius 2 is 1.64 bits per heavy atom. The van der Waals surface area contributed by atoms with Crippen LogP contribution in [0.15, 0.2) is 17.2 Å². The second-order valence-corrected chi connectivity index (χ2v) is 12.1. The fourth-order valence-electron chi connectivity index (χ4n) is 5.27. The molecule has 8 nitrogen and oxygen atoms in total. The topological polar surface area (TPSA) is 96.3 Å². The van der Waals surface area contributed by atoms with Crippen LogP contribution in [-0.2, 0) is 47.8 Å². The van der Waals surface area contributed by atoms with Gasteiger partial charge in [-0.15, -0.1) is 0 Å². The van der Waals surface area contributed by atoms with Gasteiger partial charge >= 0.3 is 6.03 Å². The molecule has 2 aliphatic carbocycles. The van der Waals surface area contributed by atoms with Gasteiger partial charge in [-0.25, -0.2) is 9.52 Å². The average molecular weight is 472 g/mol. The van der Waals surface area contributed by atoms with E-state index in [2.05, 4.69) is 26.1 Å². The number of nitrogens with zero attached hydrogens (tertiary/aromatic N) is 3. The molecule has 2 heterocycles. The molecule has 1 fully saturated rings. The maximum Gasteiger partial charge on any atom is 0.333 e. The number of carbonyl (C=O) groups is 1. The van der Waals surface area contributed by atoms with Crippen molar-refractivity contribution in [2.24, 2.45) is 0 Å². The van der Waals surface area contributed by atoms with Gasteiger partial charge in [-0.05, 0) is 101 Å². The van der Waals surface area contributed by atoms with Gasteiger partial charge in [0.05, 0.1) is 11.2 Å². The Balaban J connectivity index is 1.38. The summed E-state index contributed by atoms with van der Waals surface area (Å²) in [5.74, 6) is 0. The van der Waals surface area contributed by atoms with Gasteiger partial charge in [0.25, 0.3) is 10.0 Å². The Bertz CT molecular complexity index is 1170. The summed E-state index contributed by atoms with van der Waals surface area (Å²) in [7, 11) is -4.11. The van der Waals surface area contributed by atoms with Crippen LogP contribution in [0.25, 0.3) is 0 Å². The van der Waals surface area contributed by atoms with E-state index in [0.29, 0.717) is 6.54 Å². The van der Waals surface area contributed by atoms with E-state index in [4.69, 9.17) is 0 Å². The number of aromatic nitrogens is 2. The fourth-order valence-corrected chi connectivity index (χ4v) is 6.15. The second-order valence-electron chi connectivity index (χ2n) is 10.5. The number of urea groups is 1. The van der Waals surface area contributed by atoms with Gasteiger partial charge in [0.2, 0.25) is 0 Å². The molecule has 0 bridgehead atoms. The minimum atomic E-state index is -4.11. The lowest BCUT2D eigenvalue weighted by Crippen LogP contribution is -2.38. The molecular formula is C24H33N5O3S. The zero-order chi connectivity index (χ0) is 23.4. The monoisotopic (exact) mass is 471 g/mol. The summed E-state index contributed by atoms with van der Waals surface area (Å²) in [4.78, 5) is 15.1. The van der Waals surface area contributed by atoms with E-state index in [1.54, 1.807) is 10.7 Å².